The quantitative estimate of drug-likeness (QED) is 0.704. The van der Waals surface area contributed by atoms with Gasteiger partial charge in [0.15, 0.2) is 0 Å². The van der Waals surface area contributed by atoms with E-state index in [1.807, 2.05) is 0 Å². The first-order valence-electron chi connectivity index (χ1n) is 5.51. The Labute approximate surface area is 88.8 Å². The van der Waals surface area contributed by atoms with Crippen LogP contribution in [-0.4, -0.2) is 27.2 Å². The minimum absolute atomic E-state index is 0.454. The molecule has 4 nitrogen and oxygen atoms in total. The van der Waals surface area contributed by atoms with E-state index >= 15 is 0 Å². The molecule has 1 aromatic rings. The van der Waals surface area contributed by atoms with E-state index < -0.39 is 5.60 Å². The topological polar surface area (TPSA) is 58.0 Å². The van der Waals surface area contributed by atoms with Crippen molar-refractivity contribution in [1.82, 2.24) is 15.3 Å². The molecule has 2 aliphatic heterocycles. The van der Waals surface area contributed by atoms with Crippen LogP contribution in [0.5, 0.6) is 0 Å². The predicted molar refractivity (Wildman–Crippen MR) is 55.1 cm³/mol. The molecule has 0 aromatic carbocycles. The molecule has 0 amide bonds. The second kappa shape index (κ2) is 3.25. The highest BCUT2D eigenvalue weighted by Gasteiger charge is 2.44. The van der Waals surface area contributed by atoms with Gasteiger partial charge in [0.1, 0.15) is 5.60 Å². The van der Waals surface area contributed by atoms with Crippen LogP contribution in [0.15, 0.2) is 18.6 Å². The first-order valence-corrected chi connectivity index (χ1v) is 5.51. The summed E-state index contributed by atoms with van der Waals surface area (Å²) >= 11 is 0. The van der Waals surface area contributed by atoms with Crippen LogP contribution in [0, 0.1) is 0 Å². The average molecular weight is 205 g/mol. The fourth-order valence-corrected chi connectivity index (χ4v) is 2.87. The lowest BCUT2D eigenvalue weighted by Gasteiger charge is -2.36. The van der Waals surface area contributed by atoms with Crippen molar-refractivity contribution in [1.29, 1.82) is 0 Å². The van der Waals surface area contributed by atoms with Gasteiger partial charge in [0.05, 0.1) is 11.9 Å². The maximum atomic E-state index is 10.6. The molecule has 1 aromatic heterocycles. The molecule has 2 saturated heterocycles. The van der Waals surface area contributed by atoms with Crippen molar-refractivity contribution in [2.45, 2.75) is 43.4 Å². The van der Waals surface area contributed by atoms with Crippen LogP contribution in [-0.2, 0) is 5.60 Å². The lowest BCUT2D eigenvalue weighted by molar-refractivity contribution is -0.0156. The summed E-state index contributed by atoms with van der Waals surface area (Å²) in [7, 11) is 0. The third-order valence-corrected chi connectivity index (χ3v) is 3.54. The summed E-state index contributed by atoms with van der Waals surface area (Å²) in [5.41, 5.74) is -0.0332. The maximum Gasteiger partial charge on any atom is 0.111 e. The fourth-order valence-electron chi connectivity index (χ4n) is 2.87. The van der Waals surface area contributed by atoms with Crippen LogP contribution in [0.2, 0.25) is 0 Å². The van der Waals surface area contributed by atoms with Crippen molar-refractivity contribution in [2.24, 2.45) is 0 Å². The number of hydrogen-bond acceptors (Lipinski definition) is 4. The van der Waals surface area contributed by atoms with Gasteiger partial charge in [0.25, 0.3) is 0 Å². The van der Waals surface area contributed by atoms with Crippen molar-refractivity contribution >= 4 is 0 Å². The van der Waals surface area contributed by atoms with Crippen LogP contribution in [0.1, 0.15) is 31.4 Å². The first-order chi connectivity index (χ1) is 7.26. The van der Waals surface area contributed by atoms with Crippen molar-refractivity contribution in [3.63, 3.8) is 0 Å². The van der Waals surface area contributed by atoms with Crippen molar-refractivity contribution in [3.05, 3.63) is 24.3 Å². The Bertz CT molecular complexity index is 342. The van der Waals surface area contributed by atoms with E-state index in [0.717, 1.165) is 18.5 Å². The van der Waals surface area contributed by atoms with E-state index in [-0.39, 0.29) is 0 Å². The van der Waals surface area contributed by atoms with E-state index in [9.17, 15) is 5.11 Å². The summed E-state index contributed by atoms with van der Waals surface area (Å²) in [4.78, 5) is 8.26. The molecular formula is C11H15N3O. The van der Waals surface area contributed by atoms with Gasteiger partial charge in [0.2, 0.25) is 0 Å². The summed E-state index contributed by atoms with van der Waals surface area (Å²) < 4.78 is 0. The van der Waals surface area contributed by atoms with Crippen LogP contribution < -0.4 is 5.32 Å². The summed E-state index contributed by atoms with van der Waals surface area (Å²) in [6.07, 6.45) is 8.86. The number of piperidine rings is 1. The minimum Gasteiger partial charge on any atom is -0.383 e. The summed E-state index contributed by atoms with van der Waals surface area (Å²) in [6, 6.07) is 0.909. The molecule has 0 saturated carbocycles. The number of nitrogens with zero attached hydrogens (tertiary/aromatic N) is 2. The van der Waals surface area contributed by atoms with Gasteiger partial charge < -0.3 is 10.4 Å². The molecule has 2 N–H and O–H groups in total. The Kier molecular flexibility index (Phi) is 2.00. The van der Waals surface area contributed by atoms with Gasteiger partial charge in [-0.05, 0) is 25.7 Å². The Morgan fingerprint density at radius 2 is 2.00 bits per heavy atom. The van der Waals surface area contributed by atoms with E-state index in [1.165, 1.54) is 12.8 Å². The molecular weight excluding hydrogens is 190 g/mol. The molecule has 80 valence electrons. The standard InChI is InChI=1S/C11H15N3O/c15-11(10-7-12-3-4-13-10)5-8-1-2-9(6-11)14-8/h3-4,7-9,14-15H,1-2,5-6H2. The summed E-state index contributed by atoms with van der Waals surface area (Å²) in [5.74, 6) is 0. The number of rotatable bonds is 1. The highest BCUT2D eigenvalue weighted by atomic mass is 16.3. The fraction of sp³-hybridized carbons (Fsp3) is 0.636. The Morgan fingerprint density at radius 3 is 2.60 bits per heavy atom. The Hall–Kier alpha value is -1.00. The van der Waals surface area contributed by atoms with Crippen molar-refractivity contribution in [3.8, 4) is 0 Å². The Morgan fingerprint density at radius 1 is 1.27 bits per heavy atom. The average Bonchev–Trinajstić information content (AvgIpc) is 2.60. The highest BCUT2D eigenvalue weighted by Crippen LogP contribution is 2.39. The van der Waals surface area contributed by atoms with Crippen LogP contribution in [0.25, 0.3) is 0 Å². The molecule has 15 heavy (non-hydrogen) atoms. The summed E-state index contributed by atoms with van der Waals surface area (Å²) in [6.45, 7) is 0. The number of aliphatic hydroxyl groups is 1. The molecule has 3 rings (SSSR count). The molecule has 4 heteroatoms. The number of fused-ring (bicyclic) bond motifs is 2. The van der Waals surface area contributed by atoms with E-state index in [4.69, 9.17) is 0 Å². The smallest absolute Gasteiger partial charge is 0.111 e. The lowest BCUT2D eigenvalue weighted by atomic mass is 9.85. The second-order valence-electron chi connectivity index (χ2n) is 4.67. The molecule has 0 aliphatic carbocycles. The largest absolute Gasteiger partial charge is 0.383 e. The molecule has 2 fully saturated rings. The number of hydrogen-bond donors (Lipinski definition) is 2. The van der Waals surface area contributed by atoms with E-state index in [2.05, 4.69) is 15.3 Å². The van der Waals surface area contributed by atoms with Gasteiger partial charge in [-0.15, -0.1) is 0 Å². The molecule has 2 aliphatic rings. The Balaban J connectivity index is 1.91. The third kappa shape index (κ3) is 1.54. The van der Waals surface area contributed by atoms with Crippen molar-refractivity contribution < 1.29 is 5.11 Å². The van der Waals surface area contributed by atoms with Gasteiger partial charge in [-0.1, -0.05) is 0 Å². The molecule has 2 unspecified atom stereocenters. The summed E-state index contributed by atoms with van der Waals surface area (Å²) in [5, 5.41) is 14.1. The molecule has 0 spiro atoms. The zero-order chi connectivity index (χ0) is 10.3. The van der Waals surface area contributed by atoms with Gasteiger partial charge in [0, 0.05) is 24.5 Å². The predicted octanol–water partition coefficient (Wildman–Crippen LogP) is 0.579. The van der Waals surface area contributed by atoms with Gasteiger partial charge >= 0.3 is 0 Å². The number of nitrogens with one attached hydrogen (secondary N) is 1. The zero-order valence-corrected chi connectivity index (χ0v) is 8.56. The van der Waals surface area contributed by atoms with Crippen LogP contribution in [0.3, 0.4) is 0 Å². The van der Waals surface area contributed by atoms with Crippen LogP contribution in [0.4, 0.5) is 0 Å². The first kappa shape index (κ1) is 9.24. The minimum atomic E-state index is -0.759. The van der Waals surface area contributed by atoms with Gasteiger partial charge in [-0.3, -0.25) is 9.97 Å². The highest BCUT2D eigenvalue weighted by molar-refractivity contribution is 5.13. The molecule has 2 bridgehead atoms. The normalized spacial score (nSPS) is 39.3. The molecule has 3 heterocycles. The number of aromatic nitrogens is 2. The zero-order valence-electron chi connectivity index (χ0n) is 8.56. The third-order valence-electron chi connectivity index (χ3n) is 3.54. The maximum absolute atomic E-state index is 10.6. The van der Waals surface area contributed by atoms with E-state index in [0.29, 0.717) is 12.1 Å². The SMILES string of the molecule is OC1(c2cnccn2)CC2CCC(C1)N2. The molecule has 0 radical (unpaired) electrons. The van der Waals surface area contributed by atoms with Crippen LogP contribution >= 0.6 is 0 Å². The lowest BCUT2D eigenvalue weighted by Crippen LogP contribution is -2.47. The van der Waals surface area contributed by atoms with Gasteiger partial charge in [-0.25, -0.2) is 0 Å². The van der Waals surface area contributed by atoms with E-state index in [1.54, 1.807) is 18.6 Å². The van der Waals surface area contributed by atoms with Crippen molar-refractivity contribution in [2.75, 3.05) is 0 Å². The molecule has 2 atom stereocenters. The second-order valence-corrected chi connectivity index (χ2v) is 4.67. The monoisotopic (exact) mass is 205 g/mol. The van der Waals surface area contributed by atoms with Gasteiger partial charge in [-0.2, -0.15) is 0 Å².